The molecule has 62 valence electrons. The average Bonchev–Trinajstić information content (AvgIpc) is 1.96. The zero-order valence-electron chi connectivity index (χ0n) is 6.70. The van der Waals surface area contributed by atoms with E-state index in [0.29, 0.717) is 5.56 Å². The fraction of sp³-hybridized carbons (Fsp3) is 0.200. The van der Waals surface area contributed by atoms with Gasteiger partial charge in [-0.05, 0) is 24.6 Å². The SMILES string of the molecule is C#CCc1c(F)cc(C)cc1F. The van der Waals surface area contributed by atoms with E-state index in [1.807, 2.05) is 0 Å². The van der Waals surface area contributed by atoms with Crippen LogP contribution in [0.2, 0.25) is 0 Å². The quantitative estimate of drug-likeness (QED) is 0.562. The maximum atomic E-state index is 13.0. The van der Waals surface area contributed by atoms with E-state index in [2.05, 4.69) is 5.92 Å². The molecule has 0 heterocycles. The number of rotatable bonds is 1. The van der Waals surface area contributed by atoms with Gasteiger partial charge in [0, 0.05) is 12.0 Å². The molecule has 1 rings (SSSR count). The van der Waals surface area contributed by atoms with Gasteiger partial charge in [-0.15, -0.1) is 12.3 Å². The van der Waals surface area contributed by atoms with Gasteiger partial charge in [0.1, 0.15) is 11.6 Å². The summed E-state index contributed by atoms with van der Waals surface area (Å²) < 4.78 is 25.9. The van der Waals surface area contributed by atoms with Gasteiger partial charge in [0.25, 0.3) is 0 Å². The predicted molar refractivity (Wildman–Crippen MR) is 43.6 cm³/mol. The van der Waals surface area contributed by atoms with Crippen LogP contribution >= 0.6 is 0 Å². The van der Waals surface area contributed by atoms with Crippen LogP contribution < -0.4 is 0 Å². The number of hydrogen-bond acceptors (Lipinski definition) is 0. The Morgan fingerprint density at radius 2 is 1.83 bits per heavy atom. The predicted octanol–water partition coefficient (Wildman–Crippen LogP) is 2.45. The summed E-state index contributed by atoms with van der Waals surface area (Å²) in [5.41, 5.74) is 0.536. The largest absolute Gasteiger partial charge is 0.207 e. The molecule has 0 saturated heterocycles. The second-order valence-electron chi connectivity index (χ2n) is 2.59. The second kappa shape index (κ2) is 3.36. The molecular weight excluding hydrogens is 158 g/mol. The maximum Gasteiger partial charge on any atom is 0.130 e. The van der Waals surface area contributed by atoms with Crippen LogP contribution in [0.4, 0.5) is 8.78 Å². The standard InChI is InChI=1S/C10H8F2/c1-3-4-8-9(11)5-7(2)6-10(8)12/h1,5-6H,4H2,2H3. The van der Waals surface area contributed by atoms with Gasteiger partial charge in [0.05, 0.1) is 0 Å². The number of benzene rings is 1. The number of terminal acetylenes is 1. The monoisotopic (exact) mass is 166 g/mol. The Hall–Kier alpha value is -1.36. The molecule has 0 aliphatic carbocycles. The molecule has 0 aromatic heterocycles. The first-order valence-electron chi connectivity index (χ1n) is 3.53. The van der Waals surface area contributed by atoms with E-state index >= 15 is 0 Å². The van der Waals surface area contributed by atoms with Gasteiger partial charge in [0.15, 0.2) is 0 Å². The molecule has 0 N–H and O–H groups in total. The Bertz CT molecular complexity index is 311. The molecule has 0 unspecified atom stereocenters. The maximum absolute atomic E-state index is 13.0. The van der Waals surface area contributed by atoms with Gasteiger partial charge in [-0.25, -0.2) is 8.78 Å². The topological polar surface area (TPSA) is 0 Å². The zero-order valence-corrected chi connectivity index (χ0v) is 6.70. The summed E-state index contributed by atoms with van der Waals surface area (Å²) >= 11 is 0. The van der Waals surface area contributed by atoms with Crippen molar-refractivity contribution in [3.05, 3.63) is 34.9 Å². The first-order valence-corrected chi connectivity index (χ1v) is 3.53. The Kier molecular flexibility index (Phi) is 2.44. The Morgan fingerprint density at radius 3 is 2.25 bits per heavy atom. The normalized spacial score (nSPS) is 9.50. The summed E-state index contributed by atoms with van der Waals surface area (Å²) in [5, 5.41) is 0. The van der Waals surface area contributed by atoms with Crippen LogP contribution in [0.15, 0.2) is 12.1 Å². The van der Waals surface area contributed by atoms with Crippen molar-refractivity contribution >= 4 is 0 Å². The molecule has 0 saturated carbocycles. The van der Waals surface area contributed by atoms with Gasteiger partial charge in [-0.1, -0.05) is 0 Å². The molecule has 0 fully saturated rings. The van der Waals surface area contributed by atoms with Gasteiger partial charge in [-0.2, -0.15) is 0 Å². The van der Waals surface area contributed by atoms with Crippen LogP contribution in [0.25, 0.3) is 0 Å². The van der Waals surface area contributed by atoms with Crippen molar-refractivity contribution in [2.45, 2.75) is 13.3 Å². The lowest BCUT2D eigenvalue weighted by Gasteiger charge is -2.01. The van der Waals surface area contributed by atoms with Gasteiger partial charge < -0.3 is 0 Å². The minimum Gasteiger partial charge on any atom is -0.207 e. The molecule has 0 nitrogen and oxygen atoms in total. The summed E-state index contributed by atoms with van der Waals surface area (Å²) in [6.45, 7) is 1.63. The lowest BCUT2D eigenvalue weighted by atomic mass is 10.1. The molecule has 0 bridgehead atoms. The zero-order chi connectivity index (χ0) is 9.14. The minimum absolute atomic E-state index is 0.00204. The summed E-state index contributed by atoms with van der Waals surface area (Å²) in [4.78, 5) is 0. The smallest absolute Gasteiger partial charge is 0.130 e. The van der Waals surface area contributed by atoms with Crippen LogP contribution in [0.1, 0.15) is 11.1 Å². The summed E-state index contributed by atoms with van der Waals surface area (Å²) in [6.07, 6.45) is 4.95. The van der Waals surface area contributed by atoms with E-state index < -0.39 is 11.6 Å². The third kappa shape index (κ3) is 1.62. The van der Waals surface area contributed by atoms with Crippen molar-refractivity contribution in [2.75, 3.05) is 0 Å². The average molecular weight is 166 g/mol. The van der Waals surface area contributed by atoms with E-state index in [1.165, 1.54) is 12.1 Å². The lowest BCUT2D eigenvalue weighted by Crippen LogP contribution is -1.95. The van der Waals surface area contributed by atoms with Crippen LogP contribution in [0.5, 0.6) is 0 Å². The third-order valence-corrected chi connectivity index (χ3v) is 1.56. The Balaban J connectivity index is 3.21. The number of halogens is 2. The van der Waals surface area contributed by atoms with Crippen molar-refractivity contribution in [3.8, 4) is 12.3 Å². The first kappa shape index (κ1) is 8.73. The molecule has 0 aliphatic heterocycles. The molecule has 1 aromatic carbocycles. The van der Waals surface area contributed by atoms with Crippen molar-refractivity contribution < 1.29 is 8.78 Å². The fourth-order valence-corrected chi connectivity index (χ4v) is 1.00. The van der Waals surface area contributed by atoms with Crippen molar-refractivity contribution in [1.82, 2.24) is 0 Å². The molecule has 0 aliphatic rings. The number of hydrogen-bond donors (Lipinski definition) is 0. The molecule has 0 radical (unpaired) electrons. The van der Waals surface area contributed by atoms with E-state index in [-0.39, 0.29) is 12.0 Å². The van der Waals surface area contributed by atoms with Gasteiger partial charge in [0.2, 0.25) is 0 Å². The molecule has 0 atom stereocenters. The van der Waals surface area contributed by atoms with Crippen LogP contribution in [0, 0.1) is 30.9 Å². The molecule has 0 spiro atoms. The second-order valence-corrected chi connectivity index (χ2v) is 2.59. The lowest BCUT2D eigenvalue weighted by molar-refractivity contribution is 0.562. The Labute approximate surface area is 70.2 Å². The summed E-state index contributed by atoms with van der Waals surface area (Å²) in [7, 11) is 0. The van der Waals surface area contributed by atoms with E-state index in [4.69, 9.17) is 6.42 Å². The van der Waals surface area contributed by atoms with Crippen molar-refractivity contribution in [1.29, 1.82) is 0 Å². The van der Waals surface area contributed by atoms with E-state index in [9.17, 15) is 8.78 Å². The molecule has 1 aromatic rings. The highest BCUT2D eigenvalue weighted by Gasteiger charge is 2.07. The third-order valence-electron chi connectivity index (χ3n) is 1.56. The number of aryl methyl sites for hydroxylation is 1. The van der Waals surface area contributed by atoms with Crippen LogP contribution in [-0.4, -0.2) is 0 Å². The van der Waals surface area contributed by atoms with Gasteiger partial charge >= 0.3 is 0 Å². The first-order chi connectivity index (χ1) is 5.65. The van der Waals surface area contributed by atoms with Crippen molar-refractivity contribution in [3.63, 3.8) is 0 Å². The highest BCUT2D eigenvalue weighted by atomic mass is 19.1. The highest BCUT2D eigenvalue weighted by molar-refractivity contribution is 5.27. The molecule has 12 heavy (non-hydrogen) atoms. The molecule has 0 amide bonds. The summed E-state index contributed by atoms with van der Waals surface area (Å²) in [6, 6.07) is 2.55. The van der Waals surface area contributed by atoms with E-state index in [1.54, 1.807) is 6.92 Å². The van der Waals surface area contributed by atoms with Crippen LogP contribution in [0.3, 0.4) is 0 Å². The molecular formula is C10H8F2. The highest BCUT2D eigenvalue weighted by Crippen LogP contribution is 2.14. The van der Waals surface area contributed by atoms with Crippen molar-refractivity contribution in [2.24, 2.45) is 0 Å². The van der Waals surface area contributed by atoms with Crippen LogP contribution in [-0.2, 0) is 6.42 Å². The molecule has 2 heteroatoms. The summed E-state index contributed by atoms with van der Waals surface area (Å²) in [5.74, 6) is 1.08. The van der Waals surface area contributed by atoms with Gasteiger partial charge in [-0.3, -0.25) is 0 Å². The van der Waals surface area contributed by atoms with E-state index in [0.717, 1.165) is 0 Å². The fourth-order valence-electron chi connectivity index (χ4n) is 1.00. The Morgan fingerprint density at radius 1 is 1.33 bits per heavy atom. The minimum atomic E-state index is -0.564.